The molecule has 3 heteroatoms. The smallest absolute Gasteiger partial charge is 0.0487 e. The number of nitrogens with one attached hydrogen (secondary N) is 1. The Hall–Kier alpha value is -0.120. The predicted octanol–water partition coefficient (Wildman–Crippen LogP) is 1.82. The van der Waals surface area contributed by atoms with Crippen LogP contribution in [0.1, 0.15) is 32.6 Å². The number of hydrogen-bond acceptors (Lipinski definition) is 3. The Bertz CT molecular complexity index is 136. The molecule has 1 heterocycles. The van der Waals surface area contributed by atoms with E-state index >= 15 is 0 Å². The topological polar surface area (TPSA) is 30.5 Å². The Kier molecular flexibility index (Phi) is 7.88. The van der Waals surface area contributed by atoms with E-state index in [1.165, 1.54) is 32.4 Å². The summed E-state index contributed by atoms with van der Waals surface area (Å²) in [5.74, 6) is 0.839. The highest BCUT2D eigenvalue weighted by Crippen LogP contribution is 2.13. The van der Waals surface area contributed by atoms with Crippen LogP contribution in [0.5, 0.6) is 0 Å². The van der Waals surface area contributed by atoms with E-state index in [4.69, 9.17) is 9.47 Å². The van der Waals surface area contributed by atoms with Crippen molar-refractivity contribution >= 4 is 0 Å². The average molecular weight is 215 g/mol. The fourth-order valence-corrected chi connectivity index (χ4v) is 1.93. The van der Waals surface area contributed by atoms with Crippen LogP contribution in [-0.2, 0) is 9.47 Å². The first kappa shape index (κ1) is 12.9. The molecule has 1 atom stereocenters. The summed E-state index contributed by atoms with van der Waals surface area (Å²) < 4.78 is 10.8. The summed E-state index contributed by atoms with van der Waals surface area (Å²) >= 11 is 0. The van der Waals surface area contributed by atoms with Gasteiger partial charge in [0, 0.05) is 26.4 Å². The van der Waals surface area contributed by atoms with Crippen LogP contribution in [0.2, 0.25) is 0 Å². The van der Waals surface area contributed by atoms with Gasteiger partial charge in [0.2, 0.25) is 0 Å². The number of piperidine rings is 1. The largest absolute Gasteiger partial charge is 0.382 e. The van der Waals surface area contributed by atoms with Gasteiger partial charge in [-0.15, -0.1) is 0 Å². The van der Waals surface area contributed by atoms with Gasteiger partial charge in [0.1, 0.15) is 0 Å². The van der Waals surface area contributed by atoms with Gasteiger partial charge in [-0.3, -0.25) is 0 Å². The molecular formula is C12H25NO2. The Morgan fingerprint density at radius 3 is 2.80 bits per heavy atom. The summed E-state index contributed by atoms with van der Waals surface area (Å²) in [6, 6.07) is 0. The molecule has 1 aliphatic rings. The van der Waals surface area contributed by atoms with E-state index in [9.17, 15) is 0 Å². The lowest BCUT2D eigenvalue weighted by Crippen LogP contribution is -2.30. The molecule has 0 aliphatic carbocycles. The predicted molar refractivity (Wildman–Crippen MR) is 62.1 cm³/mol. The van der Waals surface area contributed by atoms with E-state index in [0.717, 1.165) is 38.8 Å². The van der Waals surface area contributed by atoms with E-state index in [0.29, 0.717) is 0 Å². The van der Waals surface area contributed by atoms with E-state index in [1.54, 1.807) is 0 Å². The van der Waals surface area contributed by atoms with E-state index < -0.39 is 0 Å². The minimum atomic E-state index is 0.813. The molecule has 1 aliphatic heterocycles. The highest BCUT2D eigenvalue weighted by molar-refractivity contribution is 4.68. The molecule has 0 aromatic heterocycles. The van der Waals surface area contributed by atoms with Crippen LogP contribution >= 0.6 is 0 Å². The molecular weight excluding hydrogens is 190 g/mol. The highest BCUT2D eigenvalue weighted by atomic mass is 16.5. The summed E-state index contributed by atoms with van der Waals surface area (Å²) in [4.78, 5) is 0. The third kappa shape index (κ3) is 6.88. The van der Waals surface area contributed by atoms with Crippen LogP contribution in [0.25, 0.3) is 0 Å². The molecule has 3 nitrogen and oxygen atoms in total. The lowest BCUT2D eigenvalue weighted by molar-refractivity contribution is 0.0797. The lowest BCUT2D eigenvalue weighted by Gasteiger charge is -2.22. The number of hydrogen-bond donors (Lipinski definition) is 1. The van der Waals surface area contributed by atoms with Gasteiger partial charge in [0.15, 0.2) is 0 Å². The van der Waals surface area contributed by atoms with Gasteiger partial charge in [-0.2, -0.15) is 0 Å². The van der Waals surface area contributed by atoms with Crippen LogP contribution in [0.4, 0.5) is 0 Å². The summed E-state index contributed by atoms with van der Waals surface area (Å²) in [5.41, 5.74) is 0. The van der Waals surface area contributed by atoms with Gasteiger partial charge in [0.05, 0.1) is 0 Å². The maximum absolute atomic E-state index is 5.58. The Labute approximate surface area is 93.5 Å². The minimum absolute atomic E-state index is 0.813. The first-order chi connectivity index (χ1) is 7.43. The monoisotopic (exact) mass is 215 g/mol. The third-order valence-electron chi connectivity index (χ3n) is 2.85. The fourth-order valence-electron chi connectivity index (χ4n) is 1.93. The van der Waals surface area contributed by atoms with Gasteiger partial charge in [-0.1, -0.05) is 0 Å². The van der Waals surface area contributed by atoms with Crippen molar-refractivity contribution in [2.45, 2.75) is 32.6 Å². The van der Waals surface area contributed by atoms with Crippen molar-refractivity contribution in [3.63, 3.8) is 0 Å². The van der Waals surface area contributed by atoms with Gasteiger partial charge in [-0.25, -0.2) is 0 Å². The molecule has 1 rings (SSSR count). The molecule has 0 amide bonds. The molecule has 15 heavy (non-hydrogen) atoms. The van der Waals surface area contributed by atoms with Crippen molar-refractivity contribution < 1.29 is 9.47 Å². The molecule has 90 valence electrons. The number of rotatable bonds is 8. The normalized spacial score (nSPS) is 21.8. The maximum atomic E-state index is 5.58. The van der Waals surface area contributed by atoms with Crippen molar-refractivity contribution in [3.05, 3.63) is 0 Å². The van der Waals surface area contributed by atoms with E-state index in [2.05, 4.69) is 5.32 Å². The molecule has 0 spiro atoms. The molecule has 0 radical (unpaired) electrons. The molecule has 1 unspecified atom stereocenters. The molecule has 0 aromatic rings. The van der Waals surface area contributed by atoms with Gasteiger partial charge in [0.25, 0.3) is 0 Å². The van der Waals surface area contributed by atoms with Crippen LogP contribution in [-0.4, -0.2) is 39.5 Å². The maximum Gasteiger partial charge on any atom is 0.0487 e. The third-order valence-corrected chi connectivity index (χ3v) is 2.85. The highest BCUT2D eigenvalue weighted by Gasteiger charge is 2.11. The lowest BCUT2D eigenvalue weighted by atomic mass is 9.97. The van der Waals surface area contributed by atoms with Crippen molar-refractivity contribution in [2.24, 2.45) is 5.92 Å². The summed E-state index contributed by atoms with van der Waals surface area (Å²) in [7, 11) is 0. The second-order valence-electron chi connectivity index (χ2n) is 4.16. The van der Waals surface area contributed by atoms with Gasteiger partial charge >= 0.3 is 0 Å². The molecule has 0 aromatic carbocycles. The zero-order chi connectivity index (χ0) is 10.8. The Morgan fingerprint density at radius 2 is 2.07 bits per heavy atom. The van der Waals surface area contributed by atoms with Crippen LogP contribution in [0.3, 0.4) is 0 Å². The quantitative estimate of drug-likeness (QED) is 0.627. The minimum Gasteiger partial charge on any atom is -0.382 e. The summed E-state index contributed by atoms with van der Waals surface area (Å²) in [6.45, 7) is 7.82. The summed E-state index contributed by atoms with van der Waals surface area (Å²) in [5, 5.41) is 3.43. The Morgan fingerprint density at radius 1 is 1.20 bits per heavy atom. The number of ether oxygens (including phenoxy) is 2. The molecule has 1 saturated heterocycles. The SMILES string of the molecule is CCOCCCOCCC1CCCNC1. The fraction of sp³-hybridized carbons (Fsp3) is 1.00. The molecule has 0 bridgehead atoms. The van der Waals surface area contributed by atoms with Crippen molar-refractivity contribution in [3.8, 4) is 0 Å². The van der Waals surface area contributed by atoms with Crippen molar-refractivity contribution in [1.29, 1.82) is 0 Å². The van der Waals surface area contributed by atoms with E-state index in [1.807, 2.05) is 6.92 Å². The second kappa shape index (κ2) is 9.13. The van der Waals surface area contributed by atoms with Gasteiger partial charge in [-0.05, 0) is 51.6 Å². The van der Waals surface area contributed by atoms with Crippen molar-refractivity contribution in [2.75, 3.05) is 39.5 Å². The first-order valence-corrected chi connectivity index (χ1v) is 6.29. The molecule has 0 saturated carbocycles. The standard InChI is InChI=1S/C12H25NO2/c1-2-14-8-4-9-15-10-6-12-5-3-7-13-11-12/h12-13H,2-11H2,1H3. The van der Waals surface area contributed by atoms with Gasteiger partial charge < -0.3 is 14.8 Å². The molecule has 1 N–H and O–H groups in total. The average Bonchev–Trinajstić information content (AvgIpc) is 2.29. The zero-order valence-corrected chi connectivity index (χ0v) is 9.96. The van der Waals surface area contributed by atoms with Crippen LogP contribution in [0.15, 0.2) is 0 Å². The molecule has 1 fully saturated rings. The van der Waals surface area contributed by atoms with Crippen molar-refractivity contribution in [1.82, 2.24) is 5.32 Å². The van der Waals surface area contributed by atoms with Crippen LogP contribution in [0, 0.1) is 5.92 Å². The van der Waals surface area contributed by atoms with E-state index in [-0.39, 0.29) is 0 Å². The Balaban J connectivity index is 1.79. The zero-order valence-electron chi connectivity index (χ0n) is 9.96. The first-order valence-electron chi connectivity index (χ1n) is 6.29. The second-order valence-corrected chi connectivity index (χ2v) is 4.16. The summed E-state index contributed by atoms with van der Waals surface area (Å²) in [6.07, 6.45) is 4.93. The van der Waals surface area contributed by atoms with Crippen LogP contribution < -0.4 is 5.32 Å².